The lowest BCUT2D eigenvalue weighted by molar-refractivity contribution is 0.628. The Balaban J connectivity index is 1.01. The van der Waals surface area contributed by atoms with Crippen molar-refractivity contribution in [2.75, 3.05) is 0 Å². The molecule has 0 fully saturated rings. The first-order valence-electron chi connectivity index (χ1n) is 20.3. The molecule has 286 valence electrons. The molecule has 0 bridgehead atoms. The van der Waals surface area contributed by atoms with Gasteiger partial charge in [0.15, 0.2) is 11.6 Å². The fourth-order valence-electron chi connectivity index (χ4n) is 8.89. The molecule has 0 aliphatic heterocycles. The van der Waals surface area contributed by atoms with E-state index >= 15 is 0 Å². The normalized spacial score (nSPS) is 11.7. The van der Waals surface area contributed by atoms with E-state index in [1.165, 1.54) is 12.1 Å². The zero-order chi connectivity index (χ0) is 40.4. The summed E-state index contributed by atoms with van der Waals surface area (Å²) in [5.74, 6) is 1.43. The van der Waals surface area contributed by atoms with E-state index in [1.54, 1.807) is 0 Å². The van der Waals surface area contributed by atoms with Crippen LogP contribution in [0.3, 0.4) is 0 Å². The summed E-state index contributed by atoms with van der Waals surface area (Å²) in [6.45, 7) is 0. The van der Waals surface area contributed by atoms with Gasteiger partial charge in [-0.05, 0) is 75.0 Å². The zero-order valence-corrected chi connectivity index (χ0v) is 32.6. The molecule has 9 aromatic carbocycles. The molecule has 0 aliphatic rings. The Hall–Kier alpha value is -8.22. The number of hydrogen-bond acceptors (Lipinski definition) is 4. The first-order chi connectivity index (χ1) is 30.1. The predicted octanol–water partition coefficient (Wildman–Crippen LogP) is 14.5. The van der Waals surface area contributed by atoms with Crippen molar-refractivity contribution >= 4 is 54.5 Å². The summed E-state index contributed by atoms with van der Waals surface area (Å²) in [7, 11) is 0. The number of rotatable bonds is 6. The molecule has 0 atom stereocenters. The van der Waals surface area contributed by atoms with Gasteiger partial charge >= 0.3 is 0 Å². The molecule has 0 amide bonds. The van der Waals surface area contributed by atoms with Crippen molar-refractivity contribution in [2.45, 2.75) is 0 Å². The maximum Gasteiger partial charge on any atom is 0.238 e. The van der Waals surface area contributed by atoms with Gasteiger partial charge in [0.2, 0.25) is 5.95 Å². The van der Waals surface area contributed by atoms with Crippen LogP contribution < -0.4 is 0 Å². The van der Waals surface area contributed by atoms with Crippen molar-refractivity contribution < 1.29 is 8.81 Å². The number of halogens is 1. The number of furan rings is 1. The fraction of sp³-hybridized carbons (Fsp3) is 0. The lowest BCUT2D eigenvalue weighted by Crippen LogP contribution is -2.06. The minimum Gasteiger partial charge on any atom is -0.455 e. The molecule has 0 saturated heterocycles. The zero-order valence-electron chi connectivity index (χ0n) is 32.6. The summed E-state index contributed by atoms with van der Waals surface area (Å²) in [6, 6.07) is 67.3. The standard InChI is InChI=1S/C55H33FN4O/c56-40-30-27-35(28-31-40)42-18-9-14-36-13-8-17-41(51(36)42)34-23-25-38(26-24-34)54-57-53(37-11-2-1-3-12-37)58-55(59-54)60-48-21-6-4-15-44(48)47-33-39(29-32-49(47)60)43-19-10-20-46-45-16-5-7-22-50(45)61-52(43)46/h1-33H. The molecule has 61 heavy (non-hydrogen) atoms. The molecular weight excluding hydrogens is 752 g/mol. The van der Waals surface area contributed by atoms with Crippen molar-refractivity contribution in [3.8, 4) is 62.1 Å². The van der Waals surface area contributed by atoms with Gasteiger partial charge in [-0.25, -0.2) is 9.37 Å². The third-order valence-electron chi connectivity index (χ3n) is 11.8. The summed E-state index contributed by atoms with van der Waals surface area (Å²) < 4.78 is 22.5. The average molecular weight is 785 g/mol. The van der Waals surface area contributed by atoms with Gasteiger partial charge in [0.1, 0.15) is 17.0 Å². The Bertz CT molecular complexity index is 3640. The molecule has 3 aromatic heterocycles. The Morgan fingerprint density at radius 3 is 1.70 bits per heavy atom. The van der Waals surface area contributed by atoms with Crippen molar-refractivity contribution in [3.05, 3.63) is 206 Å². The van der Waals surface area contributed by atoms with Crippen molar-refractivity contribution in [1.82, 2.24) is 19.5 Å². The van der Waals surface area contributed by atoms with Crippen LogP contribution in [0.2, 0.25) is 0 Å². The SMILES string of the molecule is Fc1ccc(-c2cccc3cccc(-c4ccc(-c5nc(-c6ccccc6)nc(-n6c7ccccc7c7cc(-c8cccc9c8oc8ccccc89)ccc76)n5)cc4)c23)cc1. The van der Waals surface area contributed by atoms with Crippen LogP contribution in [0.25, 0.3) is 117 Å². The smallest absolute Gasteiger partial charge is 0.238 e. The molecule has 0 radical (unpaired) electrons. The topological polar surface area (TPSA) is 56.7 Å². The van der Waals surface area contributed by atoms with Crippen LogP contribution in [0.1, 0.15) is 0 Å². The molecule has 6 heteroatoms. The number of aromatic nitrogens is 4. The minimum absolute atomic E-state index is 0.253. The van der Waals surface area contributed by atoms with Gasteiger partial charge in [0, 0.05) is 38.2 Å². The van der Waals surface area contributed by atoms with Crippen LogP contribution in [-0.2, 0) is 0 Å². The molecule has 12 rings (SSSR count). The fourth-order valence-corrected chi connectivity index (χ4v) is 8.89. The highest BCUT2D eigenvalue weighted by Crippen LogP contribution is 2.40. The first-order valence-corrected chi connectivity index (χ1v) is 20.3. The van der Waals surface area contributed by atoms with Crippen LogP contribution in [-0.4, -0.2) is 19.5 Å². The molecule has 0 saturated carbocycles. The Morgan fingerprint density at radius 2 is 0.951 bits per heavy atom. The average Bonchev–Trinajstić information content (AvgIpc) is 3.87. The third-order valence-corrected chi connectivity index (χ3v) is 11.8. The molecule has 0 aliphatic carbocycles. The maximum absolute atomic E-state index is 13.9. The second-order valence-electron chi connectivity index (χ2n) is 15.3. The van der Waals surface area contributed by atoms with Crippen LogP contribution in [0, 0.1) is 5.82 Å². The van der Waals surface area contributed by atoms with E-state index in [2.05, 4.69) is 138 Å². The second-order valence-corrected chi connectivity index (χ2v) is 15.3. The van der Waals surface area contributed by atoms with Gasteiger partial charge in [-0.3, -0.25) is 4.57 Å². The monoisotopic (exact) mass is 784 g/mol. The minimum atomic E-state index is -0.253. The summed E-state index contributed by atoms with van der Waals surface area (Å²) in [5, 5.41) is 6.62. The van der Waals surface area contributed by atoms with Gasteiger partial charge in [-0.15, -0.1) is 0 Å². The number of nitrogens with zero attached hydrogens (tertiary/aromatic N) is 4. The quantitative estimate of drug-likeness (QED) is 0.168. The van der Waals surface area contributed by atoms with E-state index in [9.17, 15) is 4.39 Å². The molecule has 0 N–H and O–H groups in total. The van der Waals surface area contributed by atoms with Crippen molar-refractivity contribution in [1.29, 1.82) is 0 Å². The van der Waals surface area contributed by atoms with Gasteiger partial charge in [-0.1, -0.05) is 164 Å². The molecule has 3 heterocycles. The van der Waals surface area contributed by atoms with Gasteiger partial charge in [0.25, 0.3) is 0 Å². The Labute approximate surface area is 349 Å². The van der Waals surface area contributed by atoms with Crippen LogP contribution in [0.4, 0.5) is 4.39 Å². The number of benzene rings is 9. The van der Waals surface area contributed by atoms with Gasteiger partial charge in [0.05, 0.1) is 11.0 Å². The van der Waals surface area contributed by atoms with Gasteiger partial charge in [-0.2, -0.15) is 9.97 Å². The van der Waals surface area contributed by atoms with E-state index in [0.717, 1.165) is 99.0 Å². The highest BCUT2D eigenvalue weighted by Gasteiger charge is 2.20. The number of fused-ring (bicyclic) bond motifs is 7. The first kappa shape index (κ1) is 34.8. The predicted molar refractivity (Wildman–Crippen MR) is 246 cm³/mol. The summed E-state index contributed by atoms with van der Waals surface area (Å²) >= 11 is 0. The van der Waals surface area contributed by atoms with E-state index in [-0.39, 0.29) is 5.82 Å². The highest BCUT2D eigenvalue weighted by atomic mass is 19.1. The van der Waals surface area contributed by atoms with Gasteiger partial charge < -0.3 is 4.42 Å². The summed E-state index contributed by atoms with van der Waals surface area (Å²) in [5.41, 5.74) is 11.8. The van der Waals surface area contributed by atoms with Crippen LogP contribution >= 0.6 is 0 Å². The van der Waals surface area contributed by atoms with Crippen LogP contribution in [0.5, 0.6) is 0 Å². The summed E-state index contributed by atoms with van der Waals surface area (Å²) in [4.78, 5) is 15.5. The number of hydrogen-bond donors (Lipinski definition) is 0. The molecule has 5 nitrogen and oxygen atoms in total. The molecular formula is C55H33FN4O. The third kappa shape index (κ3) is 5.80. The maximum atomic E-state index is 13.9. The lowest BCUT2D eigenvalue weighted by atomic mass is 9.91. The van der Waals surface area contributed by atoms with E-state index in [0.29, 0.717) is 17.6 Å². The number of para-hydroxylation sites is 3. The lowest BCUT2D eigenvalue weighted by Gasteiger charge is -2.14. The molecule has 0 unspecified atom stereocenters. The largest absolute Gasteiger partial charge is 0.455 e. The van der Waals surface area contributed by atoms with E-state index in [4.69, 9.17) is 19.4 Å². The van der Waals surface area contributed by atoms with Crippen molar-refractivity contribution in [3.63, 3.8) is 0 Å². The van der Waals surface area contributed by atoms with Crippen molar-refractivity contribution in [2.24, 2.45) is 0 Å². The summed E-state index contributed by atoms with van der Waals surface area (Å²) in [6.07, 6.45) is 0. The Kier molecular flexibility index (Phi) is 7.96. The second kappa shape index (κ2) is 14.0. The molecule has 0 spiro atoms. The molecule has 12 aromatic rings. The van der Waals surface area contributed by atoms with E-state index in [1.807, 2.05) is 54.6 Å². The highest BCUT2D eigenvalue weighted by molar-refractivity contribution is 6.13. The Morgan fingerprint density at radius 1 is 0.393 bits per heavy atom. The van der Waals surface area contributed by atoms with E-state index < -0.39 is 0 Å². The van der Waals surface area contributed by atoms with Crippen LogP contribution in [0.15, 0.2) is 205 Å².